The molecule has 0 heterocycles. The molecule has 0 saturated heterocycles. The molecule has 0 amide bonds. The maximum Gasteiger partial charge on any atom is 0.124 e. The van der Waals surface area contributed by atoms with Crippen LogP contribution in [0.25, 0.3) is 0 Å². The van der Waals surface area contributed by atoms with E-state index in [0.29, 0.717) is 12.5 Å². The molecule has 1 aromatic carbocycles. The summed E-state index contributed by atoms with van der Waals surface area (Å²) in [5.74, 6) is 2.43. The summed E-state index contributed by atoms with van der Waals surface area (Å²) in [6.07, 6.45) is 1.06. The van der Waals surface area contributed by atoms with Crippen molar-refractivity contribution in [2.75, 3.05) is 34.0 Å². The fourth-order valence-corrected chi connectivity index (χ4v) is 1.76. The van der Waals surface area contributed by atoms with E-state index in [4.69, 9.17) is 14.2 Å². The molecule has 0 aromatic heterocycles. The third-order valence-electron chi connectivity index (χ3n) is 3.02. The third kappa shape index (κ3) is 6.26. The lowest BCUT2D eigenvalue weighted by molar-refractivity contribution is 0.199. The molecule has 0 aliphatic heterocycles. The summed E-state index contributed by atoms with van der Waals surface area (Å²) in [7, 11) is 3.38. The largest absolute Gasteiger partial charge is 0.497 e. The van der Waals surface area contributed by atoms with Gasteiger partial charge >= 0.3 is 0 Å². The van der Waals surface area contributed by atoms with Gasteiger partial charge in [-0.2, -0.15) is 0 Å². The lowest BCUT2D eigenvalue weighted by Crippen LogP contribution is -2.19. The van der Waals surface area contributed by atoms with Gasteiger partial charge < -0.3 is 19.5 Å². The predicted octanol–water partition coefficient (Wildman–Crippen LogP) is 2.86. The molecule has 0 fully saturated rings. The zero-order valence-electron chi connectivity index (χ0n) is 13.1. The number of rotatable bonds is 10. The molecule has 1 rings (SSSR count). The van der Waals surface area contributed by atoms with Gasteiger partial charge in [0.2, 0.25) is 0 Å². The van der Waals surface area contributed by atoms with Crippen molar-refractivity contribution in [3.63, 3.8) is 0 Å². The standard InChI is InChI=1S/C16H27NO3/c1-13(2)7-9-20-16-6-5-15(19-4)11-14(16)12-17-8-10-18-3/h5-6,11,13,17H,7-10,12H2,1-4H3. The van der Waals surface area contributed by atoms with Crippen LogP contribution in [0.15, 0.2) is 18.2 Å². The minimum Gasteiger partial charge on any atom is -0.497 e. The molecule has 114 valence electrons. The van der Waals surface area contributed by atoms with Gasteiger partial charge in [-0.15, -0.1) is 0 Å². The first kappa shape index (κ1) is 16.8. The molecule has 0 spiro atoms. The molecular weight excluding hydrogens is 254 g/mol. The Morgan fingerprint density at radius 1 is 1.15 bits per heavy atom. The first-order valence-corrected chi connectivity index (χ1v) is 7.16. The topological polar surface area (TPSA) is 39.7 Å². The minimum atomic E-state index is 0.650. The van der Waals surface area contributed by atoms with Gasteiger partial charge in [0.15, 0.2) is 0 Å². The average molecular weight is 281 g/mol. The number of hydrogen-bond donors (Lipinski definition) is 1. The van der Waals surface area contributed by atoms with Crippen LogP contribution >= 0.6 is 0 Å². The second-order valence-electron chi connectivity index (χ2n) is 5.17. The van der Waals surface area contributed by atoms with Crippen molar-refractivity contribution < 1.29 is 14.2 Å². The summed E-state index contributed by atoms with van der Waals surface area (Å²) >= 11 is 0. The Balaban J connectivity index is 2.60. The molecule has 1 N–H and O–H groups in total. The van der Waals surface area contributed by atoms with Crippen molar-refractivity contribution in [2.45, 2.75) is 26.8 Å². The predicted molar refractivity (Wildman–Crippen MR) is 81.5 cm³/mol. The fraction of sp³-hybridized carbons (Fsp3) is 0.625. The highest BCUT2D eigenvalue weighted by Crippen LogP contribution is 2.24. The summed E-state index contributed by atoms with van der Waals surface area (Å²) < 4.78 is 16.2. The molecule has 0 bridgehead atoms. The van der Waals surface area contributed by atoms with E-state index in [1.165, 1.54) is 0 Å². The molecule has 0 unspecified atom stereocenters. The van der Waals surface area contributed by atoms with Crippen molar-refractivity contribution in [1.82, 2.24) is 5.32 Å². The van der Waals surface area contributed by atoms with E-state index >= 15 is 0 Å². The van der Waals surface area contributed by atoms with E-state index in [0.717, 1.165) is 43.2 Å². The molecule has 0 aliphatic rings. The number of methoxy groups -OCH3 is 2. The molecule has 0 radical (unpaired) electrons. The Kier molecular flexibility index (Phi) is 8.07. The Bertz CT molecular complexity index is 380. The van der Waals surface area contributed by atoms with Crippen molar-refractivity contribution in [3.8, 4) is 11.5 Å². The number of ether oxygens (including phenoxy) is 3. The lowest BCUT2D eigenvalue weighted by Gasteiger charge is -2.14. The normalized spacial score (nSPS) is 10.8. The van der Waals surface area contributed by atoms with Gasteiger partial charge in [-0.1, -0.05) is 13.8 Å². The second-order valence-corrected chi connectivity index (χ2v) is 5.17. The Morgan fingerprint density at radius 3 is 2.60 bits per heavy atom. The maximum atomic E-state index is 5.88. The second kappa shape index (κ2) is 9.61. The fourth-order valence-electron chi connectivity index (χ4n) is 1.76. The zero-order valence-corrected chi connectivity index (χ0v) is 13.1. The number of hydrogen-bond acceptors (Lipinski definition) is 4. The highest BCUT2D eigenvalue weighted by atomic mass is 16.5. The quantitative estimate of drug-likeness (QED) is 0.669. The van der Waals surface area contributed by atoms with Gasteiger partial charge in [0.25, 0.3) is 0 Å². The van der Waals surface area contributed by atoms with Crippen LogP contribution < -0.4 is 14.8 Å². The van der Waals surface area contributed by atoms with Gasteiger partial charge in [-0.3, -0.25) is 0 Å². The van der Waals surface area contributed by atoms with E-state index < -0.39 is 0 Å². The van der Waals surface area contributed by atoms with E-state index in [-0.39, 0.29) is 0 Å². The molecule has 1 aromatic rings. The SMILES string of the molecule is COCCNCc1cc(OC)ccc1OCCC(C)C. The molecular formula is C16H27NO3. The minimum absolute atomic E-state index is 0.650. The molecule has 4 nitrogen and oxygen atoms in total. The van der Waals surface area contributed by atoms with Gasteiger partial charge in [0.05, 0.1) is 20.3 Å². The number of benzene rings is 1. The Hall–Kier alpha value is -1.26. The highest BCUT2D eigenvalue weighted by Gasteiger charge is 2.06. The van der Waals surface area contributed by atoms with Crippen LogP contribution in [0.5, 0.6) is 11.5 Å². The monoisotopic (exact) mass is 281 g/mol. The summed E-state index contributed by atoms with van der Waals surface area (Å²) in [4.78, 5) is 0. The zero-order chi connectivity index (χ0) is 14.8. The molecule has 20 heavy (non-hydrogen) atoms. The van der Waals surface area contributed by atoms with Crippen LogP contribution in [0.1, 0.15) is 25.8 Å². The molecule has 0 aliphatic carbocycles. The van der Waals surface area contributed by atoms with Gasteiger partial charge in [-0.25, -0.2) is 0 Å². The lowest BCUT2D eigenvalue weighted by atomic mass is 10.1. The van der Waals surface area contributed by atoms with E-state index in [9.17, 15) is 0 Å². The first-order chi connectivity index (χ1) is 9.67. The summed E-state index contributed by atoms with van der Waals surface area (Å²) in [5, 5.41) is 3.33. The summed E-state index contributed by atoms with van der Waals surface area (Å²) in [6.45, 7) is 7.41. The van der Waals surface area contributed by atoms with Gasteiger partial charge in [0, 0.05) is 25.8 Å². The van der Waals surface area contributed by atoms with Crippen molar-refractivity contribution in [2.24, 2.45) is 5.92 Å². The van der Waals surface area contributed by atoms with Crippen LogP contribution in [-0.2, 0) is 11.3 Å². The van der Waals surface area contributed by atoms with E-state index in [2.05, 4.69) is 19.2 Å². The smallest absolute Gasteiger partial charge is 0.124 e. The molecule has 0 saturated carbocycles. The molecule has 0 atom stereocenters. The van der Waals surface area contributed by atoms with E-state index in [1.54, 1.807) is 14.2 Å². The third-order valence-corrected chi connectivity index (χ3v) is 3.02. The van der Waals surface area contributed by atoms with E-state index in [1.807, 2.05) is 18.2 Å². The highest BCUT2D eigenvalue weighted by molar-refractivity contribution is 5.40. The number of nitrogens with one attached hydrogen (secondary N) is 1. The van der Waals surface area contributed by atoms with Crippen molar-refractivity contribution >= 4 is 0 Å². The maximum absolute atomic E-state index is 5.88. The van der Waals surface area contributed by atoms with Crippen LogP contribution in [0.2, 0.25) is 0 Å². The summed E-state index contributed by atoms with van der Waals surface area (Å²) in [6, 6.07) is 5.93. The van der Waals surface area contributed by atoms with Crippen LogP contribution in [0.4, 0.5) is 0 Å². The van der Waals surface area contributed by atoms with Gasteiger partial charge in [0.1, 0.15) is 11.5 Å². The van der Waals surface area contributed by atoms with Crippen LogP contribution in [0, 0.1) is 5.92 Å². The average Bonchev–Trinajstić information content (AvgIpc) is 2.44. The van der Waals surface area contributed by atoms with Crippen molar-refractivity contribution in [3.05, 3.63) is 23.8 Å². The molecule has 4 heteroatoms. The first-order valence-electron chi connectivity index (χ1n) is 7.16. The Morgan fingerprint density at radius 2 is 1.95 bits per heavy atom. The van der Waals surface area contributed by atoms with Crippen LogP contribution in [0.3, 0.4) is 0 Å². The van der Waals surface area contributed by atoms with Crippen LogP contribution in [-0.4, -0.2) is 34.0 Å². The Labute approximate surface area is 122 Å². The van der Waals surface area contributed by atoms with Crippen molar-refractivity contribution in [1.29, 1.82) is 0 Å². The van der Waals surface area contributed by atoms with Gasteiger partial charge in [-0.05, 0) is 30.5 Å². The summed E-state index contributed by atoms with van der Waals surface area (Å²) in [5.41, 5.74) is 1.12.